The third kappa shape index (κ3) is 7.44. The summed E-state index contributed by atoms with van der Waals surface area (Å²) in [4.78, 5) is 11.9. The van der Waals surface area contributed by atoms with E-state index in [1.54, 1.807) is 7.11 Å². The molecular formula is C20H27ClN2O3. The molecule has 0 bridgehead atoms. The van der Waals surface area contributed by atoms with E-state index in [9.17, 15) is 4.79 Å². The largest absolute Gasteiger partial charge is 0.489 e. The fraction of sp³-hybridized carbons (Fsp3) is 0.350. The normalized spacial score (nSPS) is 10.1. The van der Waals surface area contributed by atoms with Gasteiger partial charge in [0.2, 0.25) is 5.91 Å². The second kappa shape index (κ2) is 11.5. The average molecular weight is 379 g/mol. The van der Waals surface area contributed by atoms with Gasteiger partial charge in [0.25, 0.3) is 0 Å². The number of benzene rings is 2. The van der Waals surface area contributed by atoms with Gasteiger partial charge >= 0.3 is 0 Å². The smallest absolute Gasteiger partial charge is 0.238 e. The van der Waals surface area contributed by atoms with Gasteiger partial charge in [0.1, 0.15) is 12.4 Å². The number of aryl methyl sites for hydroxylation is 2. The summed E-state index contributed by atoms with van der Waals surface area (Å²) < 4.78 is 10.8. The van der Waals surface area contributed by atoms with Crippen LogP contribution in [0.2, 0.25) is 0 Å². The summed E-state index contributed by atoms with van der Waals surface area (Å²) in [6.45, 7) is 6.03. The molecule has 0 aliphatic heterocycles. The maximum Gasteiger partial charge on any atom is 0.238 e. The van der Waals surface area contributed by atoms with E-state index >= 15 is 0 Å². The zero-order valence-electron chi connectivity index (χ0n) is 15.5. The zero-order valence-corrected chi connectivity index (χ0v) is 16.3. The second-order valence-electron chi connectivity index (χ2n) is 5.97. The number of amides is 1. The lowest BCUT2D eigenvalue weighted by Gasteiger charge is -2.12. The van der Waals surface area contributed by atoms with Gasteiger partial charge in [0, 0.05) is 19.3 Å². The highest BCUT2D eigenvalue weighted by Gasteiger charge is 2.06. The van der Waals surface area contributed by atoms with Crippen molar-refractivity contribution in [3.8, 4) is 5.75 Å². The number of methoxy groups -OCH3 is 1. The first-order chi connectivity index (χ1) is 12.1. The van der Waals surface area contributed by atoms with Crippen molar-refractivity contribution in [2.45, 2.75) is 20.5 Å². The van der Waals surface area contributed by atoms with Gasteiger partial charge in [-0.2, -0.15) is 0 Å². The van der Waals surface area contributed by atoms with Gasteiger partial charge < -0.3 is 20.1 Å². The van der Waals surface area contributed by atoms with E-state index in [0.717, 1.165) is 22.6 Å². The Balaban J connectivity index is 0.00000338. The summed E-state index contributed by atoms with van der Waals surface area (Å²) in [5.41, 5.74) is 4.11. The van der Waals surface area contributed by atoms with Gasteiger partial charge in [-0.1, -0.05) is 29.8 Å². The van der Waals surface area contributed by atoms with Crippen LogP contribution in [0.3, 0.4) is 0 Å². The minimum absolute atomic E-state index is 0. The molecule has 0 atom stereocenters. The monoisotopic (exact) mass is 378 g/mol. The van der Waals surface area contributed by atoms with Crippen LogP contribution in [0.4, 0.5) is 5.69 Å². The molecule has 26 heavy (non-hydrogen) atoms. The van der Waals surface area contributed by atoms with Crippen LogP contribution in [0.1, 0.15) is 16.7 Å². The van der Waals surface area contributed by atoms with Crippen molar-refractivity contribution in [3.63, 3.8) is 0 Å². The van der Waals surface area contributed by atoms with Gasteiger partial charge in [0.05, 0.1) is 13.2 Å². The fourth-order valence-electron chi connectivity index (χ4n) is 2.41. The maximum atomic E-state index is 11.9. The number of ether oxygens (including phenoxy) is 2. The Morgan fingerprint density at radius 1 is 1.12 bits per heavy atom. The molecule has 142 valence electrons. The standard InChI is InChI=1S/C20H26N2O3.ClH/c1-15-5-4-6-17(11-15)14-25-18-7-8-19(16(2)12-18)22-20(23)13-21-9-10-24-3;/h4-8,11-12,21H,9-10,13-14H2,1-3H3,(H,22,23);1H. The van der Waals surface area contributed by atoms with Crippen molar-refractivity contribution in [2.75, 3.05) is 32.1 Å². The molecule has 2 N–H and O–H groups in total. The Morgan fingerprint density at radius 3 is 2.62 bits per heavy atom. The van der Waals surface area contributed by atoms with Crippen LogP contribution in [0.15, 0.2) is 42.5 Å². The number of hydrogen-bond acceptors (Lipinski definition) is 4. The molecule has 0 unspecified atom stereocenters. The Morgan fingerprint density at radius 2 is 1.92 bits per heavy atom. The third-order valence-corrected chi connectivity index (χ3v) is 3.73. The maximum absolute atomic E-state index is 11.9. The van der Waals surface area contributed by atoms with Crippen LogP contribution in [-0.4, -0.2) is 32.7 Å². The number of rotatable bonds is 9. The summed E-state index contributed by atoms with van der Waals surface area (Å²) in [6, 6.07) is 13.9. The summed E-state index contributed by atoms with van der Waals surface area (Å²) in [7, 11) is 1.63. The average Bonchev–Trinajstić information content (AvgIpc) is 2.59. The van der Waals surface area contributed by atoms with Crippen molar-refractivity contribution < 1.29 is 14.3 Å². The Bertz CT molecular complexity index is 707. The van der Waals surface area contributed by atoms with Crippen LogP contribution in [0.5, 0.6) is 5.75 Å². The molecule has 2 aromatic carbocycles. The van der Waals surface area contributed by atoms with Crippen LogP contribution in [-0.2, 0) is 16.1 Å². The Hall–Kier alpha value is -2.08. The highest BCUT2D eigenvalue weighted by molar-refractivity contribution is 5.93. The molecule has 0 aliphatic rings. The minimum Gasteiger partial charge on any atom is -0.489 e. The van der Waals surface area contributed by atoms with Gasteiger partial charge in [-0.25, -0.2) is 0 Å². The van der Waals surface area contributed by atoms with Crippen molar-refractivity contribution in [1.82, 2.24) is 5.32 Å². The highest BCUT2D eigenvalue weighted by Crippen LogP contribution is 2.22. The molecule has 0 spiro atoms. The topological polar surface area (TPSA) is 59.6 Å². The lowest BCUT2D eigenvalue weighted by atomic mass is 10.1. The number of anilines is 1. The summed E-state index contributed by atoms with van der Waals surface area (Å²) in [5, 5.41) is 5.92. The van der Waals surface area contributed by atoms with Gasteiger partial charge in [-0.15, -0.1) is 12.4 Å². The van der Waals surface area contributed by atoms with Gasteiger partial charge in [-0.05, 0) is 43.2 Å². The van der Waals surface area contributed by atoms with Crippen LogP contribution in [0.25, 0.3) is 0 Å². The first-order valence-corrected chi connectivity index (χ1v) is 8.37. The molecule has 0 fully saturated rings. The molecule has 0 saturated heterocycles. The van der Waals surface area contributed by atoms with Crippen molar-refractivity contribution in [2.24, 2.45) is 0 Å². The highest BCUT2D eigenvalue weighted by atomic mass is 35.5. The lowest BCUT2D eigenvalue weighted by molar-refractivity contribution is -0.115. The summed E-state index contributed by atoms with van der Waals surface area (Å²) in [6.07, 6.45) is 0. The molecule has 0 heterocycles. The van der Waals surface area contributed by atoms with E-state index in [1.165, 1.54) is 5.56 Å². The van der Waals surface area contributed by atoms with Gasteiger partial charge in [-0.3, -0.25) is 4.79 Å². The fourth-order valence-corrected chi connectivity index (χ4v) is 2.41. The third-order valence-electron chi connectivity index (χ3n) is 3.73. The van der Waals surface area contributed by atoms with Crippen LogP contribution in [0, 0.1) is 13.8 Å². The molecular weight excluding hydrogens is 352 g/mol. The molecule has 0 radical (unpaired) electrons. The van der Waals surface area contributed by atoms with Crippen molar-refractivity contribution in [1.29, 1.82) is 0 Å². The first-order valence-electron chi connectivity index (χ1n) is 8.37. The van der Waals surface area contributed by atoms with E-state index in [0.29, 0.717) is 19.8 Å². The molecule has 0 aromatic heterocycles. The minimum atomic E-state index is -0.0763. The molecule has 2 rings (SSSR count). The Kier molecular flexibility index (Phi) is 9.73. The number of carbonyl (C=O) groups is 1. The molecule has 2 aromatic rings. The summed E-state index contributed by atoms with van der Waals surface area (Å²) in [5.74, 6) is 0.711. The second-order valence-corrected chi connectivity index (χ2v) is 5.97. The lowest BCUT2D eigenvalue weighted by Crippen LogP contribution is -2.30. The van der Waals surface area contributed by atoms with E-state index in [4.69, 9.17) is 9.47 Å². The molecule has 0 saturated carbocycles. The zero-order chi connectivity index (χ0) is 18.1. The Labute approximate surface area is 161 Å². The first kappa shape index (κ1) is 22.0. The van der Waals surface area contributed by atoms with E-state index < -0.39 is 0 Å². The van der Waals surface area contributed by atoms with Crippen molar-refractivity contribution >= 4 is 24.0 Å². The SMILES string of the molecule is COCCNCC(=O)Nc1ccc(OCc2cccc(C)c2)cc1C.Cl. The van der Waals surface area contributed by atoms with E-state index in [-0.39, 0.29) is 24.9 Å². The number of carbonyl (C=O) groups excluding carboxylic acids is 1. The number of hydrogen-bond donors (Lipinski definition) is 2. The van der Waals surface area contributed by atoms with E-state index in [1.807, 2.05) is 37.3 Å². The van der Waals surface area contributed by atoms with Crippen LogP contribution < -0.4 is 15.4 Å². The molecule has 6 heteroatoms. The van der Waals surface area contributed by atoms with Crippen molar-refractivity contribution in [3.05, 3.63) is 59.2 Å². The quantitative estimate of drug-likeness (QED) is 0.656. The molecule has 1 amide bonds. The number of nitrogens with one attached hydrogen (secondary N) is 2. The predicted octanol–water partition coefficient (Wildman–Crippen LogP) is 3.48. The molecule has 5 nitrogen and oxygen atoms in total. The molecule has 0 aliphatic carbocycles. The van der Waals surface area contributed by atoms with Crippen LogP contribution >= 0.6 is 12.4 Å². The van der Waals surface area contributed by atoms with E-state index in [2.05, 4.69) is 29.7 Å². The van der Waals surface area contributed by atoms with Gasteiger partial charge in [0.15, 0.2) is 0 Å². The summed E-state index contributed by atoms with van der Waals surface area (Å²) >= 11 is 0. The predicted molar refractivity (Wildman–Crippen MR) is 107 cm³/mol. The number of halogens is 1.